The Hall–Kier alpha value is 0.0169. The molecule has 0 radical (unpaired) electrons. The lowest BCUT2D eigenvalue weighted by Crippen LogP contribution is -2.59. The first-order valence-corrected chi connectivity index (χ1v) is 11.9. The number of hydrogen-bond donors (Lipinski definition) is 2. The highest BCUT2D eigenvalue weighted by Gasteiger charge is 2.41. The highest BCUT2D eigenvalue weighted by Crippen LogP contribution is 2.23. The van der Waals surface area contributed by atoms with Crippen molar-refractivity contribution >= 4 is 8.80 Å². The van der Waals surface area contributed by atoms with E-state index in [-0.39, 0.29) is 6.35 Å². The van der Waals surface area contributed by atoms with Gasteiger partial charge in [0.2, 0.25) is 0 Å². The summed E-state index contributed by atoms with van der Waals surface area (Å²) < 4.78 is 18.0. The molecule has 2 fully saturated rings. The number of nitrogens with one attached hydrogen (secondary N) is 2. The van der Waals surface area contributed by atoms with Crippen LogP contribution in [0.2, 0.25) is 6.04 Å². The molecule has 0 bridgehead atoms. The van der Waals surface area contributed by atoms with E-state index in [1.54, 1.807) is 14.2 Å². The van der Waals surface area contributed by atoms with Gasteiger partial charge in [-0.3, -0.25) is 10.6 Å². The lowest BCUT2D eigenvalue weighted by Gasteiger charge is -2.37. The summed E-state index contributed by atoms with van der Waals surface area (Å²) in [5, 5.41) is 7.45. The molecule has 2 aliphatic carbocycles. The zero-order valence-electron chi connectivity index (χ0n) is 15.9. The van der Waals surface area contributed by atoms with E-state index in [0.29, 0.717) is 12.1 Å². The fraction of sp³-hybridized carbons (Fsp3) is 1.00. The first-order chi connectivity index (χ1) is 11.7. The van der Waals surface area contributed by atoms with Crippen molar-refractivity contribution < 1.29 is 13.3 Å². The second kappa shape index (κ2) is 10.9. The third kappa shape index (κ3) is 6.39. The third-order valence-electron chi connectivity index (χ3n) is 5.46. The van der Waals surface area contributed by atoms with Gasteiger partial charge < -0.3 is 13.3 Å². The van der Waals surface area contributed by atoms with Crippen molar-refractivity contribution in [2.24, 2.45) is 0 Å². The molecule has 0 spiro atoms. The fourth-order valence-corrected chi connectivity index (χ4v) is 6.00. The molecule has 24 heavy (non-hydrogen) atoms. The summed E-state index contributed by atoms with van der Waals surface area (Å²) in [5.74, 6) is 0. The lowest BCUT2D eigenvalue weighted by atomic mass is 9.95. The van der Waals surface area contributed by atoms with Crippen LogP contribution in [0.15, 0.2) is 0 Å². The third-order valence-corrected chi connectivity index (χ3v) is 8.41. The average molecular weight is 359 g/mol. The maximum Gasteiger partial charge on any atom is 0.502 e. The molecule has 142 valence electrons. The van der Waals surface area contributed by atoms with Crippen molar-refractivity contribution in [1.82, 2.24) is 10.6 Å². The van der Waals surface area contributed by atoms with E-state index in [9.17, 15) is 0 Å². The van der Waals surface area contributed by atoms with Crippen LogP contribution in [0.3, 0.4) is 0 Å². The monoisotopic (exact) mass is 358 g/mol. The zero-order chi connectivity index (χ0) is 17.3. The molecule has 0 saturated heterocycles. The highest BCUT2D eigenvalue weighted by molar-refractivity contribution is 6.60. The van der Waals surface area contributed by atoms with E-state index >= 15 is 0 Å². The molecule has 0 aliphatic heterocycles. The molecule has 0 heterocycles. The van der Waals surface area contributed by atoms with Crippen molar-refractivity contribution in [1.29, 1.82) is 0 Å². The van der Waals surface area contributed by atoms with Crippen LogP contribution in [-0.2, 0) is 13.3 Å². The smallest absolute Gasteiger partial charge is 0.377 e. The molecule has 0 aromatic carbocycles. The van der Waals surface area contributed by atoms with Crippen LogP contribution in [0.4, 0.5) is 0 Å². The van der Waals surface area contributed by atoms with Crippen LogP contribution in [-0.4, -0.2) is 41.5 Å². The maximum absolute atomic E-state index is 6.45. The van der Waals surface area contributed by atoms with Crippen molar-refractivity contribution in [3.63, 3.8) is 0 Å². The summed E-state index contributed by atoms with van der Waals surface area (Å²) in [7, 11) is 0.851. The van der Waals surface area contributed by atoms with Gasteiger partial charge in [0.05, 0.1) is 0 Å². The standard InChI is InChI=1S/C18H38N2O3Si/c1-4-15-24(21-2,22-3)23-18(19-16-11-7-5-8-12-16)20-17-13-9-6-10-14-17/h16-20H,4-15H2,1-3H3. The first kappa shape index (κ1) is 20.3. The Kier molecular flexibility index (Phi) is 9.22. The normalized spacial score (nSPS) is 21.5. The van der Waals surface area contributed by atoms with Crippen molar-refractivity contribution in [2.75, 3.05) is 14.2 Å². The van der Waals surface area contributed by atoms with Crippen LogP contribution in [0.5, 0.6) is 0 Å². The van der Waals surface area contributed by atoms with E-state index < -0.39 is 8.80 Å². The van der Waals surface area contributed by atoms with Crippen LogP contribution in [0.1, 0.15) is 77.6 Å². The molecular formula is C18H38N2O3Si. The topological polar surface area (TPSA) is 51.8 Å². The Morgan fingerprint density at radius 3 is 1.67 bits per heavy atom. The predicted octanol–water partition coefficient (Wildman–Crippen LogP) is 3.77. The lowest BCUT2D eigenvalue weighted by molar-refractivity contribution is 0.00421. The number of hydrogen-bond acceptors (Lipinski definition) is 5. The molecule has 0 unspecified atom stereocenters. The van der Waals surface area contributed by atoms with Crippen LogP contribution < -0.4 is 10.6 Å². The molecule has 2 saturated carbocycles. The average Bonchev–Trinajstić information content (AvgIpc) is 2.63. The molecule has 6 heteroatoms. The molecule has 2 aliphatic rings. The quantitative estimate of drug-likeness (QED) is 0.460. The van der Waals surface area contributed by atoms with E-state index in [2.05, 4.69) is 17.6 Å². The summed E-state index contributed by atoms with van der Waals surface area (Å²) in [5.41, 5.74) is 0. The van der Waals surface area contributed by atoms with Gasteiger partial charge in [-0.2, -0.15) is 0 Å². The van der Waals surface area contributed by atoms with Crippen molar-refractivity contribution in [3.8, 4) is 0 Å². The van der Waals surface area contributed by atoms with E-state index in [1.165, 1.54) is 64.2 Å². The molecule has 2 rings (SSSR count). The highest BCUT2D eigenvalue weighted by atomic mass is 28.4. The molecule has 0 amide bonds. The summed E-state index contributed by atoms with van der Waals surface area (Å²) >= 11 is 0. The van der Waals surface area contributed by atoms with Crippen molar-refractivity contribution in [2.45, 2.75) is 102 Å². The number of rotatable bonds is 10. The van der Waals surface area contributed by atoms with E-state index in [4.69, 9.17) is 13.3 Å². The Labute approximate surface area is 149 Å². The van der Waals surface area contributed by atoms with Gasteiger partial charge in [0.1, 0.15) is 0 Å². The molecule has 0 aromatic rings. The SMILES string of the molecule is CCC[Si](OC)(OC)OC(NC1CCCCC1)NC1CCCCC1. The van der Waals surface area contributed by atoms with Gasteiger partial charge in [-0.05, 0) is 25.7 Å². The maximum atomic E-state index is 6.45. The first-order valence-electron chi connectivity index (χ1n) is 10.0. The van der Waals surface area contributed by atoms with Gasteiger partial charge in [-0.25, -0.2) is 0 Å². The molecule has 0 aromatic heterocycles. The second-order valence-corrected chi connectivity index (χ2v) is 10.3. The summed E-state index contributed by atoms with van der Waals surface area (Å²) in [6.45, 7) is 2.15. The van der Waals surface area contributed by atoms with Crippen LogP contribution >= 0.6 is 0 Å². The second-order valence-electron chi connectivity index (χ2n) is 7.34. The predicted molar refractivity (Wildman–Crippen MR) is 99.8 cm³/mol. The Bertz CT molecular complexity index is 310. The Balaban J connectivity index is 1.98. The summed E-state index contributed by atoms with van der Waals surface area (Å²) in [6.07, 6.45) is 13.8. The molecule has 5 nitrogen and oxygen atoms in total. The molecule has 2 N–H and O–H groups in total. The molecule has 0 atom stereocenters. The molecular weight excluding hydrogens is 320 g/mol. The summed E-state index contributed by atoms with van der Waals surface area (Å²) in [4.78, 5) is 0. The minimum absolute atomic E-state index is 0.158. The minimum Gasteiger partial charge on any atom is -0.377 e. The van der Waals surface area contributed by atoms with E-state index in [0.717, 1.165) is 12.5 Å². The van der Waals surface area contributed by atoms with E-state index in [1.807, 2.05) is 0 Å². The van der Waals surface area contributed by atoms with Gasteiger partial charge in [-0.15, -0.1) is 0 Å². The minimum atomic E-state index is -2.60. The van der Waals surface area contributed by atoms with Gasteiger partial charge in [0.25, 0.3) is 0 Å². The Morgan fingerprint density at radius 1 is 0.833 bits per heavy atom. The van der Waals surface area contributed by atoms with Crippen LogP contribution in [0, 0.1) is 0 Å². The zero-order valence-corrected chi connectivity index (χ0v) is 16.9. The fourth-order valence-electron chi connectivity index (χ4n) is 4.01. The van der Waals surface area contributed by atoms with Gasteiger partial charge in [0, 0.05) is 32.3 Å². The van der Waals surface area contributed by atoms with Crippen LogP contribution in [0.25, 0.3) is 0 Å². The largest absolute Gasteiger partial charge is 0.502 e. The summed E-state index contributed by atoms with van der Waals surface area (Å²) in [6, 6.07) is 1.94. The van der Waals surface area contributed by atoms with Gasteiger partial charge in [0.15, 0.2) is 6.35 Å². The van der Waals surface area contributed by atoms with Gasteiger partial charge >= 0.3 is 8.80 Å². The van der Waals surface area contributed by atoms with Gasteiger partial charge in [-0.1, -0.05) is 51.9 Å². The van der Waals surface area contributed by atoms with Crippen molar-refractivity contribution in [3.05, 3.63) is 0 Å². The Morgan fingerprint density at radius 2 is 1.29 bits per heavy atom.